The lowest BCUT2D eigenvalue weighted by atomic mass is 9.82. The number of halogens is 3. The zero-order valence-electron chi connectivity index (χ0n) is 25.6. The molecule has 4 rings (SSSR count). The molecule has 0 atom stereocenters. The number of amides is 1. The average molecular weight is 650 g/mol. The highest BCUT2D eigenvalue weighted by Gasteiger charge is 2.45. The van der Waals surface area contributed by atoms with Gasteiger partial charge in [0, 0.05) is 26.0 Å². The van der Waals surface area contributed by atoms with Crippen molar-refractivity contribution in [3.63, 3.8) is 0 Å². The van der Waals surface area contributed by atoms with Gasteiger partial charge in [-0.3, -0.25) is 9.36 Å². The predicted molar refractivity (Wildman–Crippen MR) is 166 cm³/mol. The maximum Gasteiger partial charge on any atom is 0.421 e. The number of aliphatic hydroxyl groups is 1. The smallest absolute Gasteiger partial charge is 0.393 e. The van der Waals surface area contributed by atoms with Crippen LogP contribution < -0.4 is 10.6 Å². The van der Waals surface area contributed by atoms with Crippen molar-refractivity contribution in [2.75, 3.05) is 24.7 Å². The Morgan fingerprint density at radius 1 is 1.00 bits per heavy atom. The molecule has 1 saturated carbocycles. The van der Waals surface area contributed by atoms with Crippen LogP contribution in [0.15, 0.2) is 48.7 Å². The maximum absolute atomic E-state index is 14.1. The van der Waals surface area contributed by atoms with Crippen molar-refractivity contribution in [1.29, 1.82) is 0 Å². The number of hydrogen-bond acceptors (Lipinski definition) is 7. The number of benzene rings is 2. The Morgan fingerprint density at radius 3 is 2.16 bits per heavy atom. The number of nitrogens with one attached hydrogen (secondary N) is 2. The summed E-state index contributed by atoms with van der Waals surface area (Å²) in [5, 5.41) is 14.1. The number of rotatable bonds is 10. The molecule has 5 N–H and O–H groups in total. The Bertz CT molecular complexity index is 1550. The highest BCUT2D eigenvalue weighted by atomic mass is 31.2. The fourth-order valence-electron chi connectivity index (χ4n) is 5.86. The van der Waals surface area contributed by atoms with Crippen LogP contribution in [0.2, 0.25) is 0 Å². The van der Waals surface area contributed by atoms with Gasteiger partial charge in [-0.2, -0.15) is 18.2 Å². The van der Waals surface area contributed by atoms with Crippen LogP contribution in [-0.4, -0.2) is 55.9 Å². The number of aromatic nitrogens is 2. The molecule has 0 saturated heterocycles. The van der Waals surface area contributed by atoms with E-state index in [4.69, 9.17) is 0 Å². The second kappa shape index (κ2) is 13.5. The van der Waals surface area contributed by atoms with Crippen molar-refractivity contribution in [2.24, 2.45) is 0 Å². The molecule has 45 heavy (non-hydrogen) atoms. The van der Waals surface area contributed by atoms with Crippen LogP contribution in [0.5, 0.6) is 0 Å². The van der Waals surface area contributed by atoms with Crippen molar-refractivity contribution in [3.8, 4) is 0 Å². The van der Waals surface area contributed by atoms with E-state index in [1.54, 1.807) is 70.4 Å². The summed E-state index contributed by atoms with van der Waals surface area (Å²) in [4.78, 5) is 42.6. The molecule has 14 heteroatoms. The van der Waals surface area contributed by atoms with E-state index in [1.807, 2.05) is 0 Å². The molecular weight excluding hydrogens is 610 g/mol. The molecule has 10 nitrogen and oxygen atoms in total. The molecule has 1 amide bonds. The van der Waals surface area contributed by atoms with Crippen molar-refractivity contribution in [1.82, 2.24) is 14.9 Å². The van der Waals surface area contributed by atoms with E-state index < -0.39 is 36.2 Å². The summed E-state index contributed by atoms with van der Waals surface area (Å²) in [5.74, 6) is -1.01. The molecule has 0 bridgehead atoms. The number of hydrogen-bond donors (Lipinski definition) is 5. The molecule has 1 aromatic heterocycles. The monoisotopic (exact) mass is 649 g/mol. The molecule has 1 fully saturated rings. The predicted octanol–water partition coefficient (Wildman–Crippen LogP) is 6.90. The fraction of sp³-hybridized carbons (Fsp3) is 0.452. The Hall–Kier alpha value is -3.51. The summed E-state index contributed by atoms with van der Waals surface area (Å²) in [6.07, 6.45) is -1.35. The van der Waals surface area contributed by atoms with Crippen LogP contribution in [0.25, 0.3) is 0 Å². The number of aliphatic hydroxyl groups excluding tert-OH is 1. The highest BCUT2D eigenvalue weighted by molar-refractivity contribution is 7.53. The first-order chi connectivity index (χ1) is 21.1. The van der Waals surface area contributed by atoms with Crippen LogP contribution >= 0.6 is 7.60 Å². The molecule has 3 aromatic rings. The normalized spacial score (nSPS) is 17.6. The number of carbonyl (C=O) groups is 1. The van der Waals surface area contributed by atoms with Gasteiger partial charge in [0.2, 0.25) is 5.95 Å². The average Bonchev–Trinajstić information content (AvgIpc) is 2.98. The number of alkyl halides is 3. The lowest BCUT2D eigenvalue weighted by Crippen LogP contribution is -2.24. The van der Waals surface area contributed by atoms with Gasteiger partial charge in [0.05, 0.1) is 22.5 Å². The van der Waals surface area contributed by atoms with E-state index in [9.17, 15) is 37.4 Å². The van der Waals surface area contributed by atoms with Gasteiger partial charge in [0.25, 0.3) is 5.91 Å². The number of nitrogens with zero attached hydrogens (tertiary/aromatic N) is 3. The van der Waals surface area contributed by atoms with Gasteiger partial charge in [-0.25, -0.2) is 4.98 Å². The summed E-state index contributed by atoms with van der Waals surface area (Å²) in [6, 6.07) is 11.3. The van der Waals surface area contributed by atoms with Crippen LogP contribution in [-0.2, 0) is 15.9 Å². The topological polar surface area (TPSA) is 148 Å². The van der Waals surface area contributed by atoms with Gasteiger partial charge >= 0.3 is 13.8 Å². The molecule has 1 aliphatic rings. The molecule has 0 spiro atoms. The van der Waals surface area contributed by atoms with Crippen LogP contribution in [0.4, 0.5) is 36.3 Å². The molecule has 0 radical (unpaired) electrons. The van der Waals surface area contributed by atoms with Crippen molar-refractivity contribution < 1.29 is 37.4 Å². The third-order valence-electron chi connectivity index (χ3n) is 8.60. The van der Waals surface area contributed by atoms with Gasteiger partial charge in [-0.1, -0.05) is 32.0 Å². The molecule has 1 aliphatic carbocycles. The van der Waals surface area contributed by atoms with E-state index in [-0.39, 0.29) is 42.1 Å². The van der Waals surface area contributed by atoms with Crippen molar-refractivity contribution in [3.05, 3.63) is 70.9 Å². The van der Waals surface area contributed by atoms with Gasteiger partial charge in [-0.05, 0) is 79.8 Å². The lowest BCUT2D eigenvalue weighted by Gasteiger charge is -2.33. The quantitative estimate of drug-likeness (QED) is 0.148. The summed E-state index contributed by atoms with van der Waals surface area (Å²) in [5.41, 5.74) is 0.890. The third-order valence-corrected chi connectivity index (χ3v) is 10.6. The van der Waals surface area contributed by atoms with Gasteiger partial charge in [0.1, 0.15) is 11.4 Å². The molecule has 244 valence electrons. The van der Waals surface area contributed by atoms with Crippen molar-refractivity contribution >= 4 is 36.6 Å². The molecule has 2 aromatic carbocycles. The van der Waals surface area contributed by atoms with E-state index in [1.165, 1.54) is 4.90 Å². The second-order valence-electron chi connectivity index (χ2n) is 11.6. The largest absolute Gasteiger partial charge is 0.421 e. The Kier molecular flexibility index (Phi) is 10.3. The number of carbonyl (C=O) groups excluding carboxylic acids is 1. The first kappa shape index (κ1) is 34.4. The van der Waals surface area contributed by atoms with E-state index in [0.717, 1.165) is 18.4 Å². The zero-order valence-corrected chi connectivity index (χ0v) is 26.5. The Morgan fingerprint density at radius 2 is 1.62 bits per heavy atom. The van der Waals surface area contributed by atoms with Crippen LogP contribution in [0.3, 0.4) is 0 Å². The minimum atomic E-state index is -4.80. The van der Waals surface area contributed by atoms with Gasteiger partial charge in [0.15, 0.2) is 0 Å². The molecule has 1 heterocycles. The standard InChI is InChI=1S/C31H39F3N5O5P/c1-5-30(6-2,45(42,43)44)21-10-12-22(13-11-21)36-29-35-18-25(31(32,33)34)27(38-29)37-26-16-9-20(17-24(26)28(41)39(3)4)19-7-14-23(40)15-8-19/h9-13,16-19,23,40H,5-8,14-15H2,1-4H3,(H2,42,43,44)(H2,35,36,37,38)/t19-,23-. The minimum Gasteiger partial charge on any atom is -0.393 e. The highest BCUT2D eigenvalue weighted by Crippen LogP contribution is 2.61. The lowest BCUT2D eigenvalue weighted by molar-refractivity contribution is -0.137. The summed E-state index contributed by atoms with van der Waals surface area (Å²) >= 11 is 0. The zero-order chi connectivity index (χ0) is 33.2. The Labute approximate surface area is 260 Å². The maximum atomic E-state index is 14.1. The summed E-state index contributed by atoms with van der Waals surface area (Å²) in [7, 11) is -1.39. The fourth-order valence-corrected chi connectivity index (χ4v) is 7.16. The summed E-state index contributed by atoms with van der Waals surface area (Å²) < 4.78 is 54.5. The second-order valence-corrected chi connectivity index (χ2v) is 13.5. The van der Waals surface area contributed by atoms with Crippen molar-refractivity contribution in [2.45, 2.75) is 75.7 Å². The van der Waals surface area contributed by atoms with E-state index in [0.29, 0.717) is 30.3 Å². The molecule has 0 unspecified atom stereocenters. The molecule has 0 aliphatic heterocycles. The SMILES string of the molecule is CCC(CC)(c1ccc(Nc2ncc(C(F)(F)F)c(Nc3ccc([C@H]4CC[C@H](O)CC4)cc3C(=O)N(C)C)n2)cc1)P(=O)(O)O. The van der Waals surface area contributed by atoms with Gasteiger partial charge in [-0.15, -0.1) is 0 Å². The summed E-state index contributed by atoms with van der Waals surface area (Å²) in [6.45, 7) is 3.40. The van der Waals surface area contributed by atoms with E-state index >= 15 is 0 Å². The van der Waals surface area contributed by atoms with Gasteiger partial charge < -0.3 is 30.4 Å². The molecular formula is C31H39F3N5O5P. The first-order valence-electron chi connectivity index (χ1n) is 14.8. The minimum absolute atomic E-state index is 0.115. The Balaban J connectivity index is 1.68. The first-order valence-corrected chi connectivity index (χ1v) is 16.4. The van der Waals surface area contributed by atoms with Crippen LogP contribution in [0.1, 0.15) is 85.3 Å². The number of anilines is 4. The van der Waals surface area contributed by atoms with E-state index in [2.05, 4.69) is 20.6 Å². The van der Waals surface area contributed by atoms with Crippen LogP contribution in [0, 0.1) is 0 Å². The third kappa shape index (κ3) is 7.49.